The minimum atomic E-state index is -4.54. The van der Waals surface area contributed by atoms with E-state index in [0.717, 1.165) is 62.8 Å². The monoisotopic (exact) mass is 617 g/mol. The third-order valence-electron chi connectivity index (χ3n) is 8.09. The van der Waals surface area contributed by atoms with Crippen LogP contribution in [-0.4, -0.2) is 89.8 Å². The number of hydrogen-bond donors (Lipinski definition) is 1. The van der Waals surface area contributed by atoms with Crippen LogP contribution in [0.1, 0.15) is 38.3 Å². The fourth-order valence-corrected chi connectivity index (χ4v) is 5.43. The number of nitrogens with one attached hydrogen (secondary N) is 1. The lowest BCUT2D eigenvalue weighted by atomic mass is 10.0. The maximum atomic E-state index is 13.8. The predicted octanol–water partition coefficient (Wildman–Crippen LogP) is 4.29. The first kappa shape index (κ1) is 30.6. The molecular formula is C33H34F3N7O2. The van der Waals surface area contributed by atoms with Crippen molar-refractivity contribution >= 4 is 23.1 Å². The van der Waals surface area contributed by atoms with Crippen LogP contribution < -0.4 is 10.2 Å². The van der Waals surface area contributed by atoms with Crippen molar-refractivity contribution in [2.24, 2.45) is 0 Å². The third-order valence-corrected chi connectivity index (χ3v) is 8.09. The van der Waals surface area contributed by atoms with Gasteiger partial charge in [-0.2, -0.15) is 13.2 Å². The average Bonchev–Trinajstić information content (AvgIpc) is 3.44. The minimum Gasteiger partial charge on any atom is -0.378 e. The van der Waals surface area contributed by atoms with Crippen molar-refractivity contribution in [1.82, 2.24) is 24.4 Å². The molecule has 2 saturated heterocycles. The summed E-state index contributed by atoms with van der Waals surface area (Å²) in [6, 6.07) is 12.6. The maximum absolute atomic E-state index is 13.8. The summed E-state index contributed by atoms with van der Waals surface area (Å²) in [5.74, 6) is 6.54. The first-order chi connectivity index (χ1) is 21.6. The summed E-state index contributed by atoms with van der Waals surface area (Å²) in [5.41, 5.74) is 2.80. The fourth-order valence-electron chi connectivity index (χ4n) is 5.43. The fraction of sp³-hybridized carbons (Fsp3) is 0.364. The molecule has 0 spiro atoms. The van der Waals surface area contributed by atoms with Gasteiger partial charge in [-0.1, -0.05) is 12.0 Å². The zero-order valence-corrected chi connectivity index (χ0v) is 25.2. The van der Waals surface area contributed by atoms with E-state index in [1.807, 2.05) is 26.1 Å². The number of likely N-dealkylation sites (N-methyl/N-ethyl adjacent to an activating group) is 1. The van der Waals surface area contributed by atoms with Gasteiger partial charge in [0.15, 0.2) is 5.65 Å². The van der Waals surface area contributed by atoms with Crippen LogP contribution in [0.25, 0.3) is 5.65 Å². The maximum Gasteiger partial charge on any atom is 0.416 e. The Labute approximate surface area is 259 Å². The lowest BCUT2D eigenvalue weighted by Crippen LogP contribution is -2.43. The van der Waals surface area contributed by atoms with E-state index in [0.29, 0.717) is 42.2 Å². The highest BCUT2D eigenvalue weighted by Gasteiger charge is 2.31. The van der Waals surface area contributed by atoms with Crippen LogP contribution in [-0.2, 0) is 17.5 Å². The van der Waals surface area contributed by atoms with E-state index in [1.54, 1.807) is 35.0 Å². The lowest BCUT2D eigenvalue weighted by Gasteiger charge is -2.32. The van der Waals surface area contributed by atoms with Crippen molar-refractivity contribution in [2.75, 3.05) is 69.7 Å². The zero-order chi connectivity index (χ0) is 31.6. The summed E-state index contributed by atoms with van der Waals surface area (Å²) in [6.07, 6.45) is -2.89. The van der Waals surface area contributed by atoms with Crippen LogP contribution in [0.15, 0.2) is 54.7 Å². The number of aryl methyl sites for hydroxylation is 1. The van der Waals surface area contributed by atoms with Gasteiger partial charge in [0.05, 0.1) is 25.0 Å². The quantitative estimate of drug-likeness (QED) is 0.335. The molecule has 0 radical (unpaired) electrons. The number of rotatable bonds is 5. The number of halogens is 3. The molecule has 1 N–H and O–H groups in total. The molecule has 4 heterocycles. The molecule has 234 valence electrons. The number of morpholine rings is 1. The molecule has 9 nitrogen and oxygen atoms in total. The number of hydrogen-bond acceptors (Lipinski definition) is 7. The van der Waals surface area contributed by atoms with Gasteiger partial charge in [0.2, 0.25) is 0 Å². The van der Waals surface area contributed by atoms with Crippen LogP contribution in [0.3, 0.4) is 0 Å². The standard InChI is InChI=1S/C33H34F3N7O2/c1-23-3-4-26(19-25(23)5-6-29-21-37-30-7-8-31(39-43(29)30)42-13-15-45-16-14-42)32(44)38-28-18-24(17-27(20-28)33(34,35)36)22-41-11-9-40(2)10-12-41/h3-4,7-8,17-21H,9-16,22H2,1-2H3,(H,38,44). The van der Waals surface area contributed by atoms with E-state index in [9.17, 15) is 18.0 Å². The molecule has 2 fully saturated rings. The molecule has 1 amide bonds. The van der Waals surface area contributed by atoms with Crippen LogP contribution in [0, 0.1) is 18.8 Å². The largest absolute Gasteiger partial charge is 0.416 e. The molecule has 2 aliphatic rings. The smallest absolute Gasteiger partial charge is 0.378 e. The van der Waals surface area contributed by atoms with Gasteiger partial charge < -0.3 is 19.9 Å². The Morgan fingerprint density at radius 2 is 1.76 bits per heavy atom. The van der Waals surface area contributed by atoms with Crippen LogP contribution in [0.4, 0.5) is 24.7 Å². The third kappa shape index (κ3) is 7.28. The molecule has 0 atom stereocenters. The topological polar surface area (TPSA) is 78.2 Å². The number of piperazine rings is 1. The van der Waals surface area contributed by atoms with Gasteiger partial charge in [-0.25, -0.2) is 9.50 Å². The average molecular weight is 618 g/mol. The van der Waals surface area contributed by atoms with E-state index >= 15 is 0 Å². The molecule has 6 rings (SSSR count). The number of ether oxygens (including phenoxy) is 1. The highest BCUT2D eigenvalue weighted by atomic mass is 19.4. The van der Waals surface area contributed by atoms with E-state index in [-0.39, 0.29) is 11.3 Å². The number of nitrogens with zero attached hydrogens (tertiary/aromatic N) is 6. The highest BCUT2D eigenvalue weighted by Crippen LogP contribution is 2.32. The van der Waals surface area contributed by atoms with Gasteiger partial charge >= 0.3 is 6.18 Å². The molecule has 2 aromatic carbocycles. The Balaban J connectivity index is 1.22. The first-order valence-electron chi connectivity index (χ1n) is 14.9. The van der Waals surface area contributed by atoms with Gasteiger partial charge in [0, 0.05) is 62.6 Å². The van der Waals surface area contributed by atoms with E-state index in [2.05, 4.69) is 36.8 Å². The number of imidazole rings is 1. The van der Waals surface area contributed by atoms with Crippen molar-refractivity contribution in [3.05, 3.63) is 88.2 Å². The number of amides is 1. The van der Waals surface area contributed by atoms with Gasteiger partial charge in [-0.3, -0.25) is 9.69 Å². The van der Waals surface area contributed by atoms with Gasteiger partial charge in [0.1, 0.15) is 11.5 Å². The number of benzene rings is 2. The number of anilines is 2. The molecule has 12 heteroatoms. The Bertz CT molecular complexity index is 1760. The molecule has 0 aliphatic carbocycles. The Morgan fingerprint density at radius 3 is 2.51 bits per heavy atom. The summed E-state index contributed by atoms with van der Waals surface area (Å²) >= 11 is 0. The molecule has 2 aromatic heterocycles. The normalized spacial score (nSPS) is 16.4. The highest BCUT2D eigenvalue weighted by molar-refractivity contribution is 6.04. The second-order valence-electron chi connectivity index (χ2n) is 11.4. The molecule has 0 unspecified atom stereocenters. The first-order valence-corrected chi connectivity index (χ1v) is 14.9. The van der Waals surface area contributed by atoms with Crippen molar-refractivity contribution in [1.29, 1.82) is 0 Å². The predicted molar refractivity (Wildman–Crippen MR) is 165 cm³/mol. The Hall–Kier alpha value is -4.44. The molecule has 0 bridgehead atoms. The van der Waals surface area contributed by atoms with Crippen molar-refractivity contribution < 1.29 is 22.7 Å². The molecule has 45 heavy (non-hydrogen) atoms. The summed E-state index contributed by atoms with van der Waals surface area (Å²) in [6.45, 7) is 8.28. The van der Waals surface area contributed by atoms with E-state index in [4.69, 9.17) is 9.84 Å². The number of aromatic nitrogens is 3. The second kappa shape index (κ2) is 12.9. The Kier molecular flexibility index (Phi) is 8.76. The lowest BCUT2D eigenvalue weighted by molar-refractivity contribution is -0.137. The second-order valence-corrected chi connectivity index (χ2v) is 11.4. The van der Waals surface area contributed by atoms with Crippen LogP contribution >= 0.6 is 0 Å². The molecular weight excluding hydrogens is 583 g/mol. The van der Waals surface area contributed by atoms with Crippen LogP contribution in [0.2, 0.25) is 0 Å². The van der Waals surface area contributed by atoms with Crippen LogP contribution in [0.5, 0.6) is 0 Å². The van der Waals surface area contributed by atoms with Crippen molar-refractivity contribution in [3.63, 3.8) is 0 Å². The van der Waals surface area contributed by atoms with Gasteiger partial charge in [-0.05, 0) is 73.5 Å². The molecule has 4 aromatic rings. The van der Waals surface area contributed by atoms with Crippen molar-refractivity contribution in [3.8, 4) is 11.8 Å². The Morgan fingerprint density at radius 1 is 0.978 bits per heavy atom. The van der Waals surface area contributed by atoms with E-state index in [1.165, 1.54) is 0 Å². The SMILES string of the molecule is Cc1ccc(C(=O)Nc2cc(CN3CCN(C)CC3)cc(C(F)(F)F)c2)cc1C#Cc1cnc2ccc(N3CCOCC3)nn12. The summed E-state index contributed by atoms with van der Waals surface area (Å²) < 4.78 is 48.5. The number of alkyl halides is 3. The van der Waals surface area contributed by atoms with E-state index < -0.39 is 17.6 Å². The van der Waals surface area contributed by atoms with Gasteiger partial charge in [-0.15, -0.1) is 5.10 Å². The molecule has 2 aliphatic heterocycles. The van der Waals surface area contributed by atoms with Crippen molar-refractivity contribution in [2.45, 2.75) is 19.6 Å². The minimum absolute atomic E-state index is 0.0973. The zero-order valence-electron chi connectivity index (χ0n) is 25.2. The number of carbonyl (C=O) groups is 1. The number of carbonyl (C=O) groups excluding carboxylic acids is 1. The summed E-state index contributed by atoms with van der Waals surface area (Å²) in [7, 11) is 2.02. The number of fused-ring (bicyclic) bond motifs is 1. The van der Waals surface area contributed by atoms with Gasteiger partial charge in [0.25, 0.3) is 5.91 Å². The summed E-state index contributed by atoms with van der Waals surface area (Å²) in [4.78, 5) is 24.1. The summed E-state index contributed by atoms with van der Waals surface area (Å²) in [5, 5.41) is 7.41. The molecule has 0 saturated carbocycles.